The van der Waals surface area contributed by atoms with Gasteiger partial charge in [-0.3, -0.25) is 14.4 Å². The number of carbonyl (C=O) groups excluding carboxylic acids is 3. The third-order valence-corrected chi connectivity index (χ3v) is 3.98. The number of ether oxygens (including phenoxy) is 1. The second-order valence-corrected chi connectivity index (χ2v) is 6.53. The fourth-order valence-corrected chi connectivity index (χ4v) is 2.79. The fourth-order valence-electron chi connectivity index (χ4n) is 2.79. The highest BCUT2D eigenvalue weighted by Crippen LogP contribution is 2.21. The van der Waals surface area contributed by atoms with Gasteiger partial charge in [0.1, 0.15) is 6.54 Å². The minimum Gasteiger partial charge on any atom is -0.454 e. The first-order valence-electron chi connectivity index (χ1n) is 8.64. The number of aryl methyl sites for hydroxylation is 4. The number of carbonyl (C=O) groups is 3. The van der Waals surface area contributed by atoms with E-state index < -0.39 is 18.5 Å². The molecule has 0 fully saturated rings. The number of amides is 2. The van der Waals surface area contributed by atoms with Gasteiger partial charge in [0.2, 0.25) is 0 Å². The molecule has 0 aliphatic heterocycles. The summed E-state index contributed by atoms with van der Waals surface area (Å²) in [6, 6.07) is 11.0. The maximum Gasteiger partial charge on any atom is 0.325 e. The van der Waals surface area contributed by atoms with Crippen molar-refractivity contribution in [1.29, 1.82) is 0 Å². The Kier molecular flexibility index (Phi) is 6.71. The van der Waals surface area contributed by atoms with Gasteiger partial charge in [-0.25, -0.2) is 0 Å². The molecule has 0 saturated carbocycles. The van der Waals surface area contributed by atoms with Crippen molar-refractivity contribution in [2.24, 2.45) is 0 Å². The van der Waals surface area contributed by atoms with Crippen molar-refractivity contribution in [3.63, 3.8) is 0 Å². The quantitative estimate of drug-likeness (QED) is 0.768. The van der Waals surface area contributed by atoms with Gasteiger partial charge in [0.25, 0.3) is 11.8 Å². The number of anilines is 1. The molecule has 0 atom stereocenters. The molecule has 0 saturated heterocycles. The number of esters is 1. The summed E-state index contributed by atoms with van der Waals surface area (Å²) in [6.45, 7) is 6.96. The van der Waals surface area contributed by atoms with Crippen LogP contribution in [0.5, 0.6) is 0 Å². The zero-order valence-electron chi connectivity index (χ0n) is 16.0. The van der Waals surface area contributed by atoms with Gasteiger partial charge in [0.15, 0.2) is 6.61 Å². The summed E-state index contributed by atoms with van der Waals surface area (Å²) in [6.07, 6.45) is 0. The van der Waals surface area contributed by atoms with Gasteiger partial charge in [-0.15, -0.1) is 0 Å². The number of hydrogen-bond acceptors (Lipinski definition) is 4. The molecule has 2 aromatic rings. The number of rotatable bonds is 6. The Hall–Kier alpha value is -3.15. The zero-order chi connectivity index (χ0) is 20.0. The predicted molar refractivity (Wildman–Crippen MR) is 104 cm³/mol. The van der Waals surface area contributed by atoms with Crippen LogP contribution in [0.3, 0.4) is 0 Å². The van der Waals surface area contributed by atoms with Crippen LogP contribution in [0.1, 0.15) is 32.6 Å². The molecule has 0 aliphatic rings. The lowest BCUT2D eigenvalue weighted by atomic mass is 10.1. The van der Waals surface area contributed by atoms with Crippen molar-refractivity contribution in [2.75, 3.05) is 18.5 Å². The van der Waals surface area contributed by atoms with Crippen LogP contribution in [0.25, 0.3) is 0 Å². The van der Waals surface area contributed by atoms with Crippen LogP contribution < -0.4 is 10.6 Å². The standard InChI is InChI=1S/C21H24N2O4/c1-13-6-5-7-17(10-13)21(26)22-11-19(25)27-12-18(24)23-20-15(3)8-14(2)9-16(20)4/h5-10H,11-12H2,1-4H3,(H,22,26)(H,23,24). The Balaban J connectivity index is 1.80. The van der Waals surface area contributed by atoms with Gasteiger partial charge in [0.05, 0.1) is 0 Å². The molecule has 2 rings (SSSR count). The Morgan fingerprint density at radius 1 is 0.926 bits per heavy atom. The second-order valence-electron chi connectivity index (χ2n) is 6.53. The van der Waals surface area contributed by atoms with Crippen LogP contribution in [0.15, 0.2) is 36.4 Å². The third kappa shape index (κ3) is 5.95. The SMILES string of the molecule is Cc1cccc(C(=O)NCC(=O)OCC(=O)Nc2c(C)cc(C)cc2C)c1. The molecule has 0 radical (unpaired) electrons. The van der Waals surface area contributed by atoms with Gasteiger partial charge in [-0.2, -0.15) is 0 Å². The van der Waals surface area contributed by atoms with Crippen LogP contribution in [0.2, 0.25) is 0 Å². The maximum absolute atomic E-state index is 12.0. The number of nitrogens with one attached hydrogen (secondary N) is 2. The maximum atomic E-state index is 12.0. The Bertz CT molecular complexity index is 851. The molecule has 6 nitrogen and oxygen atoms in total. The molecule has 0 aliphatic carbocycles. The van der Waals surface area contributed by atoms with Crippen molar-refractivity contribution < 1.29 is 19.1 Å². The fraction of sp³-hybridized carbons (Fsp3) is 0.286. The van der Waals surface area contributed by atoms with E-state index in [0.29, 0.717) is 5.56 Å². The first kappa shape index (κ1) is 20.2. The van der Waals surface area contributed by atoms with Gasteiger partial charge >= 0.3 is 5.97 Å². The lowest BCUT2D eigenvalue weighted by molar-refractivity contribution is -0.146. The Labute approximate surface area is 158 Å². The summed E-state index contributed by atoms with van der Waals surface area (Å²) < 4.78 is 4.92. The molecule has 2 N–H and O–H groups in total. The molecular formula is C21H24N2O4. The smallest absolute Gasteiger partial charge is 0.325 e. The highest BCUT2D eigenvalue weighted by molar-refractivity contribution is 5.97. The van der Waals surface area contributed by atoms with Gasteiger partial charge in [-0.1, -0.05) is 35.4 Å². The van der Waals surface area contributed by atoms with E-state index in [4.69, 9.17) is 4.74 Å². The van der Waals surface area contributed by atoms with E-state index in [1.165, 1.54) is 0 Å². The van der Waals surface area contributed by atoms with E-state index in [9.17, 15) is 14.4 Å². The lowest BCUT2D eigenvalue weighted by Gasteiger charge is -2.13. The minimum absolute atomic E-state index is 0.303. The second kappa shape index (κ2) is 8.98. The first-order valence-corrected chi connectivity index (χ1v) is 8.64. The molecule has 0 bridgehead atoms. The molecule has 0 unspecified atom stereocenters. The van der Waals surface area contributed by atoms with Crippen molar-refractivity contribution in [3.8, 4) is 0 Å². The number of hydrogen-bond donors (Lipinski definition) is 2. The molecule has 27 heavy (non-hydrogen) atoms. The van der Waals surface area contributed by atoms with Crippen LogP contribution in [0, 0.1) is 27.7 Å². The van der Waals surface area contributed by atoms with Crippen molar-refractivity contribution in [2.45, 2.75) is 27.7 Å². The zero-order valence-corrected chi connectivity index (χ0v) is 16.0. The van der Waals surface area contributed by atoms with Crippen LogP contribution in [-0.2, 0) is 14.3 Å². The third-order valence-electron chi connectivity index (χ3n) is 3.98. The highest BCUT2D eigenvalue weighted by atomic mass is 16.5. The van der Waals surface area contributed by atoms with Crippen molar-refractivity contribution in [1.82, 2.24) is 5.32 Å². The largest absolute Gasteiger partial charge is 0.454 e. The predicted octanol–water partition coefficient (Wildman–Crippen LogP) is 2.83. The number of benzene rings is 2. The van der Waals surface area contributed by atoms with E-state index in [2.05, 4.69) is 10.6 Å². The van der Waals surface area contributed by atoms with Crippen LogP contribution in [0.4, 0.5) is 5.69 Å². The molecule has 6 heteroatoms. The summed E-state index contributed by atoms with van der Waals surface area (Å²) in [5.74, 6) is -1.47. The Morgan fingerprint density at radius 2 is 1.59 bits per heavy atom. The molecule has 0 spiro atoms. The molecule has 142 valence electrons. The van der Waals surface area contributed by atoms with Crippen molar-refractivity contribution >= 4 is 23.5 Å². The van der Waals surface area contributed by atoms with Gasteiger partial charge in [0, 0.05) is 11.3 Å². The summed E-state index contributed by atoms with van der Waals surface area (Å²) in [5, 5.41) is 5.23. The van der Waals surface area contributed by atoms with Gasteiger partial charge in [-0.05, 0) is 51.0 Å². The highest BCUT2D eigenvalue weighted by Gasteiger charge is 2.12. The molecule has 0 heterocycles. The van der Waals surface area contributed by atoms with Crippen LogP contribution >= 0.6 is 0 Å². The minimum atomic E-state index is -0.677. The van der Waals surface area contributed by atoms with E-state index in [-0.39, 0.29) is 12.5 Å². The first-order chi connectivity index (χ1) is 12.8. The average molecular weight is 368 g/mol. The van der Waals surface area contributed by atoms with E-state index >= 15 is 0 Å². The lowest BCUT2D eigenvalue weighted by Crippen LogP contribution is -2.32. The molecule has 2 amide bonds. The summed E-state index contributed by atoms with van der Waals surface area (Å²) >= 11 is 0. The molecule has 0 aromatic heterocycles. The van der Waals surface area contributed by atoms with E-state index in [0.717, 1.165) is 27.9 Å². The average Bonchev–Trinajstić information content (AvgIpc) is 2.60. The van der Waals surface area contributed by atoms with E-state index in [1.54, 1.807) is 18.2 Å². The van der Waals surface area contributed by atoms with Crippen LogP contribution in [-0.4, -0.2) is 30.9 Å². The normalized spacial score (nSPS) is 10.2. The molecular weight excluding hydrogens is 344 g/mol. The monoisotopic (exact) mass is 368 g/mol. The van der Waals surface area contributed by atoms with E-state index in [1.807, 2.05) is 45.9 Å². The summed E-state index contributed by atoms with van der Waals surface area (Å²) in [7, 11) is 0. The topological polar surface area (TPSA) is 84.5 Å². The summed E-state index contributed by atoms with van der Waals surface area (Å²) in [4.78, 5) is 35.8. The van der Waals surface area contributed by atoms with Crippen molar-refractivity contribution in [3.05, 3.63) is 64.2 Å². The Morgan fingerprint density at radius 3 is 2.22 bits per heavy atom. The summed E-state index contributed by atoms with van der Waals surface area (Å²) in [5.41, 5.74) is 5.12. The van der Waals surface area contributed by atoms with Gasteiger partial charge < -0.3 is 15.4 Å². The molecule has 2 aromatic carbocycles.